The number of nitrogens with one attached hydrogen (secondary N) is 1. The SMILES string of the molecule is CNC(c1ccncc1F)C1CN(C)CCCN1C. The lowest BCUT2D eigenvalue weighted by molar-refractivity contribution is 0.180. The first kappa shape index (κ1) is 14.4. The first-order valence-corrected chi connectivity index (χ1v) is 6.79. The standard InChI is InChI=1S/C14H23FN4/c1-16-14(11-5-6-17-9-12(11)15)13-10-18(2)7-4-8-19(13)3/h5-6,9,13-14,16H,4,7-8,10H2,1-3H3. The molecule has 2 rings (SSSR count). The summed E-state index contributed by atoms with van der Waals surface area (Å²) in [6.07, 6.45) is 4.10. The molecule has 2 heterocycles. The zero-order chi connectivity index (χ0) is 13.8. The molecule has 19 heavy (non-hydrogen) atoms. The van der Waals surface area contributed by atoms with Crippen molar-refractivity contribution in [2.45, 2.75) is 18.5 Å². The Hall–Kier alpha value is -1.04. The van der Waals surface area contributed by atoms with Gasteiger partial charge in [0, 0.05) is 24.3 Å². The zero-order valence-electron chi connectivity index (χ0n) is 11.9. The number of pyridine rings is 1. The van der Waals surface area contributed by atoms with E-state index < -0.39 is 0 Å². The van der Waals surface area contributed by atoms with Crippen LogP contribution < -0.4 is 5.32 Å². The fraction of sp³-hybridized carbons (Fsp3) is 0.643. The average molecular weight is 266 g/mol. The molecule has 0 amide bonds. The number of nitrogens with zero attached hydrogens (tertiary/aromatic N) is 3. The van der Waals surface area contributed by atoms with Gasteiger partial charge in [-0.15, -0.1) is 0 Å². The van der Waals surface area contributed by atoms with E-state index in [-0.39, 0.29) is 17.9 Å². The summed E-state index contributed by atoms with van der Waals surface area (Å²) in [6.45, 7) is 3.07. The quantitative estimate of drug-likeness (QED) is 0.888. The lowest BCUT2D eigenvalue weighted by atomic mass is 9.98. The van der Waals surface area contributed by atoms with Crippen molar-refractivity contribution in [2.24, 2.45) is 0 Å². The van der Waals surface area contributed by atoms with Crippen molar-refractivity contribution in [3.63, 3.8) is 0 Å². The van der Waals surface area contributed by atoms with Crippen molar-refractivity contribution >= 4 is 0 Å². The number of rotatable bonds is 3. The number of halogens is 1. The van der Waals surface area contributed by atoms with E-state index in [0.717, 1.165) is 26.1 Å². The minimum atomic E-state index is -0.234. The third-order valence-corrected chi connectivity index (χ3v) is 3.95. The Morgan fingerprint density at radius 1 is 1.42 bits per heavy atom. The summed E-state index contributed by atoms with van der Waals surface area (Å²) in [5.74, 6) is -0.234. The van der Waals surface area contributed by atoms with E-state index in [4.69, 9.17) is 0 Å². The van der Waals surface area contributed by atoms with Crippen molar-refractivity contribution in [3.8, 4) is 0 Å². The Kier molecular flexibility index (Phi) is 4.85. The smallest absolute Gasteiger partial charge is 0.146 e. The number of hydrogen-bond acceptors (Lipinski definition) is 4. The van der Waals surface area contributed by atoms with E-state index in [2.05, 4.69) is 34.2 Å². The van der Waals surface area contributed by atoms with Gasteiger partial charge in [0.15, 0.2) is 0 Å². The highest BCUT2D eigenvalue weighted by atomic mass is 19.1. The van der Waals surface area contributed by atoms with Crippen molar-refractivity contribution in [1.29, 1.82) is 0 Å². The fourth-order valence-corrected chi connectivity index (χ4v) is 2.86. The lowest BCUT2D eigenvalue weighted by Crippen LogP contribution is -2.46. The second-order valence-electron chi connectivity index (χ2n) is 5.33. The van der Waals surface area contributed by atoms with E-state index in [9.17, 15) is 4.39 Å². The monoisotopic (exact) mass is 266 g/mol. The highest BCUT2D eigenvalue weighted by Crippen LogP contribution is 2.24. The maximum absolute atomic E-state index is 14.0. The second kappa shape index (κ2) is 6.41. The number of likely N-dealkylation sites (N-methyl/N-ethyl adjacent to an activating group) is 3. The van der Waals surface area contributed by atoms with Crippen LogP contribution in [0, 0.1) is 5.82 Å². The highest BCUT2D eigenvalue weighted by Gasteiger charge is 2.30. The van der Waals surface area contributed by atoms with Crippen LogP contribution in [0.5, 0.6) is 0 Å². The van der Waals surface area contributed by atoms with Gasteiger partial charge < -0.3 is 15.1 Å². The van der Waals surface area contributed by atoms with Crippen molar-refractivity contribution in [1.82, 2.24) is 20.1 Å². The molecule has 0 spiro atoms. The summed E-state index contributed by atoms with van der Waals surface area (Å²) in [7, 11) is 6.14. The molecule has 1 fully saturated rings. The minimum absolute atomic E-state index is 0.0199. The van der Waals surface area contributed by atoms with Crippen LogP contribution in [0.2, 0.25) is 0 Å². The molecule has 0 aromatic carbocycles. The van der Waals surface area contributed by atoms with Gasteiger partial charge >= 0.3 is 0 Å². The third kappa shape index (κ3) is 3.29. The lowest BCUT2D eigenvalue weighted by Gasteiger charge is -2.34. The predicted molar refractivity (Wildman–Crippen MR) is 74.5 cm³/mol. The van der Waals surface area contributed by atoms with Crippen LogP contribution in [0.3, 0.4) is 0 Å². The zero-order valence-corrected chi connectivity index (χ0v) is 11.9. The molecular formula is C14H23FN4. The normalized spacial score (nSPS) is 24.1. The van der Waals surface area contributed by atoms with Crippen LogP contribution in [0.15, 0.2) is 18.5 Å². The Labute approximate surface area is 114 Å². The molecule has 0 aliphatic carbocycles. The minimum Gasteiger partial charge on any atom is -0.312 e. The molecule has 106 valence electrons. The molecule has 1 aliphatic heterocycles. The van der Waals surface area contributed by atoms with Gasteiger partial charge in [-0.3, -0.25) is 4.98 Å². The van der Waals surface area contributed by atoms with Gasteiger partial charge in [-0.25, -0.2) is 4.39 Å². The molecule has 4 nitrogen and oxygen atoms in total. The van der Waals surface area contributed by atoms with Crippen LogP contribution in [0.4, 0.5) is 4.39 Å². The van der Waals surface area contributed by atoms with Gasteiger partial charge in [0.2, 0.25) is 0 Å². The largest absolute Gasteiger partial charge is 0.312 e. The Balaban J connectivity index is 2.27. The molecule has 2 unspecified atom stereocenters. The fourth-order valence-electron chi connectivity index (χ4n) is 2.86. The van der Waals surface area contributed by atoms with Gasteiger partial charge in [-0.2, -0.15) is 0 Å². The topological polar surface area (TPSA) is 31.4 Å². The summed E-state index contributed by atoms with van der Waals surface area (Å²) in [5, 5.41) is 3.27. The predicted octanol–water partition coefficient (Wildman–Crippen LogP) is 1.12. The molecular weight excluding hydrogens is 243 g/mol. The molecule has 1 saturated heterocycles. The molecule has 0 saturated carbocycles. The maximum Gasteiger partial charge on any atom is 0.146 e. The molecule has 1 N–H and O–H groups in total. The molecule has 2 atom stereocenters. The van der Waals surface area contributed by atoms with Gasteiger partial charge in [0.1, 0.15) is 5.82 Å². The average Bonchev–Trinajstić information content (AvgIpc) is 2.55. The maximum atomic E-state index is 14.0. The molecule has 1 aliphatic rings. The summed E-state index contributed by atoms with van der Waals surface area (Å²) in [6, 6.07) is 2.01. The number of hydrogen-bond donors (Lipinski definition) is 1. The van der Waals surface area contributed by atoms with Gasteiger partial charge in [-0.05, 0) is 46.7 Å². The first-order chi connectivity index (χ1) is 9.13. The van der Waals surface area contributed by atoms with Gasteiger partial charge in [0.25, 0.3) is 0 Å². The Morgan fingerprint density at radius 3 is 2.89 bits per heavy atom. The summed E-state index contributed by atoms with van der Waals surface area (Å²) in [5.41, 5.74) is 0.699. The van der Waals surface area contributed by atoms with E-state index in [1.165, 1.54) is 6.20 Å². The van der Waals surface area contributed by atoms with Gasteiger partial charge in [0.05, 0.1) is 12.2 Å². The Bertz CT molecular complexity index is 412. The van der Waals surface area contributed by atoms with Crippen LogP contribution in [0.1, 0.15) is 18.0 Å². The third-order valence-electron chi connectivity index (χ3n) is 3.95. The van der Waals surface area contributed by atoms with E-state index in [1.807, 2.05) is 7.05 Å². The van der Waals surface area contributed by atoms with Crippen molar-refractivity contribution < 1.29 is 4.39 Å². The van der Waals surface area contributed by atoms with E-state index in [0.29, 0.717) is 5.56 Å². The van der Waals surface area contributed by atoms with Crippen LogP contribution in [-0.4, -0.2) is 61.6 Å². The summed E-state index contributed by atoms with van der Waals surface area (Å²) >= 11 is 0. The van der Waals surface area contributed by atoms with Gasteiger partial charge in [-0.1, -0.05) is 0 Å². The van der Waals surface area contributed by atoms with E-state index >= 15 is 0 Å². The highest BCUT2D eigenvalue weighted by molar-refractivity contribution is 5.20. The first-order valence-electron chi connectivity index (χ1n) is 6.79. The molecule has 5 heteroatoms. The molecule has 1 aromatic heterocycles. The molecule has 1 aromatic rings. The summed E-state index contributed by atoms with van der Waals surface area (Å²) < 4.78 is 14.0. The molecule has 0 radical (unpaired) electrons. The summed E-state index contributed by atoms with van der Waals surface area (Å²) in [4.78, 5) is 8.47. The number of aromatic nitrogens is 1. The van der Waals surface area contributed by atoms with E-state index in [1.54, 1.807) is 12.3 Å². The Morgan fingerprint density at radius 2 is 2.21 bits per heavy atom. The second-order valence-corrected chi connectivity index (χ2v) is 5.33. The van der Waals surface area contributed by atoms with Crippen LogP contribution in [0.25, 0.3) is 0 Å². The van der Waals surface area contributed by atoms with Crippen molar-refractivity contribution in [3.05, 3.63) is 29.8 Å². The van der Waals surface area contributed by atoms with Crippen LogP contribution in [-0.2, 0) is 0 Å². The molecule has 0 bridgehead atoms. The van der Waals surface area contributed by atoms with Crippen molar-refractivity contribution in [2.75, 3.05) is 40.8 Å². The van der Waals surface area contributed by atoms with Crippen LogP contribution >= 0.6 is 0 Å².